The average molecular weight is 294 g/mol. The van der Waals surface area contributed by atoms with Gasteiger partial charge in [-0.2, -0.15) is 4.73 Å². The second-order valence-corrected chi connectivity index (χ2v) is 6.29. The normalized spacial score (nSPS) is 15.8. The molecule has 104 valence electrons. The third kappa shape index (κ3) is 2.12. The summed E-state index contributed by atoms with van der Waals surface area (Å²) in [4.78, 5) is 4.83. The third-order valence-electron chi connectivity index (χ3n) is 4.09. The molecule has 0 unspecified atom stereocenters. The van der Waals surface area contributed by atoms with Gasteiger partial charge in [-0.05, 0) is 18.4 Å². The minimum absolute atomic E-state index is 0.122. The Labute approximate surface area is 127 Å². The van der Waals surface area contributed by atoms with Crippen molar-refractivity contribution in [3.8, 4) is 11.3 Å². The predicted octanol–water partition coefficient (Wildman–Crippen LogP) is 3.52. The van der Waals surface area contributed by atoms with E-state index in [4.69, 9.17) is 4.98 Å². The second kappa shape index (κ2) is 4.67. The molecule has 0 radical (unpaired) electrons. The first-order chi connectivity index (χ1) is 10.3. The fraction of sp³-hybridized carbons (Fsp3) is 0.176. The number of thiazole rings is 1. The average Bonchev–Trinajstić information content (AvgIpc) is 3.20. The number of pyridine rings is 1. The van der Waals surface area contributed by atoms with E-state index in [0.717, 1.165) is 16.0 Å². The highest BCUT2D eigenvalue weighted by atomic mass is 32.1. The van der Waals surface area contributed by atoms with E-state index in [-0.39, 0.29) is 5.41 Å². The van der Waals surface area contributed by atoms with Crippen molar-refractivity contribution in [3.05, 3.63) is 76.0 Å². The van der Waals surface area contributed by atoms with Gasteiger partial charge in [-0.3, -0.25) is 0 Å². The maximum atomic E-state index is 11.1. The molecule has 2 aromatic heterocycles. The fourth-order valence-electron chi connectivity index (χ4n) is 2.72. The Balaban J connectivity index is 1.70. The molecule has 2 heterocycles. The van der Waals surface area contributed by atoms with E-state index in [1.807, 2.05) is 12.1 Å². The maximum absolute atomic E-state index is 11.1. The molecule has 4 rings (SSSR count). The molecular formula is C17H14N2OS. The number of rotatable bonds is 3. The van der Waals surface area contributed by atoms with Crippen molar-refractivity contribution < 1.29 is 4.73 Å². The van der Waals surface area contributed by atoms with Crippen LogP contribution in [-0.4, -0.2) is 4.98 Å². The molecule has 0 aliphatic heterocycles. The van der Waals surface area contributed by atoms with Gasteiger partial charge in [0, 0.05) is 28.5 Å². The van der Waals surface area contributed by atoms with Gasteiger partial charge in [0.05, 0.1) is 5.69 Å². The first-order valence-electron chi connectivity index (χ1n) is 6.99. The van der Waals surface area contributed by atoms with E-state index in [9.17, 15) is 5.21 Å². The van der Waals surface area contributed by atoms with E-state index in [0.29, 0.717) is 0 Å². The fourth-order valence-corrected chi connectivity index (χ4v) is 3.83. The minimum Gasteiger partial charge on any atom is -0.619 e. The van der Waals surface area contributed by atoms with Crippen LogP contribution in [-0.2, 0) is 5.41 Å². The molecule has 1 saturated carbocycles. The van der Waals surface area contributed by atoms with E-state index in [2.05, 4.69) is 35.7 Å². The molecule has 1 aliphatic rings. The molecule has 1 aliphatic carbocycles. The predicted molar refractivity (Wildman–Crippen MR) is 83.0 cm³/mol. The molecule has 0 spiro atoms. The van der Waals surface area contributed by atoms with Crippen molar-refractivity contribution in [2.24, 2.45) is 0 Å². The zero-order chi connectivity index (χ0) is 14.3. The van der Waals surface area contributed by atoms with E-state index < -0.39 is 0 Å². The Morgan fingerprint density at radius 3 is 2.43 bits per heavy atom. The van der Waals surface area contributed by atoms with Crippen molar-refractivity contribution in [2.45, 2.75) is 18.3 Å². The lowest BCUT2D eigenvalue weighted by atomic mass is 9.97. The summed E-state index contributed by atoms with van der Waals surface area (Å²) in [6.07, 6.45) is 5.36. The molecule has 3 aromatic rings. The SMILES string of the molecule is [O-][n+]1ccc(-c2csc(C3(c4ccccc4)CC3)n2)cc1. The van der Waals surface area contributed by atoms with Gasteiger partial charge >= 0.3 is 0 Å². The number of nitrogens with zero attached hydrogens (tertiary/aromatic N) is 2. The van der Waals surface area contributed by atoms with Gasteiger partial charge in [0.2, 0.25) is 0 Å². The highest BCUT2D eigenvalue weighted by molar-refractivity contribution is 7.10. The van der Waals surface area contributed by atoms with Crippen LogP contribution in [0.25, 0.3) is 11.3 Å². The molecule has 1 aromatic carbocycles. The molecule has 4 heteroatoms. The van der Waals surface area contributed by atoms with Crippen LogP contribution in [0.3, 0.4) is 0 Å². The summed E-state index contributed by atoms with van der Waals surface area (Å²) in [5.74, 6) is 0. The summed E-state index contributed by atoms with van der Waals surface area (Å²) in [7, 11) is 0. The van der Waals surface area contributed by atoms with Crippen LogP contribution in [0.1, 0.15) is 23.4 Å². The summed E-state index contributed by atoms with van der Waals surface area (Å²) in [5, 5.41) is 14.4. The van der Waals surface area contributed by atoms with Crippen LogP contribution in [0, 0.1) is 5.21 Å². The maximum Gasteiger partial charge on any atom is 0.181 e. The Morgan fingerprint density at radius 2 is 1.76 bits per heavy atom. The van der Waals surface area contributed by atoms with Crippen molar-refractivity contribution in [3.63, 3.8) is 0 Å². The van der Waals surface area contributed by atoms with Crippen LogP contribution in [0.5, 0.6) is 0 Å². The molecule has 0 amide bonds. The quantitative estimate of drug-likeness (QED) is 0.547. The Kier molecular flexibility index (Phi) is 2.79. The zero-order valence-corrected chi connectivity index (χ0v) is 12.2. The van der Waals surface area contributed by atoms with Crippen LogP contribution in [0.2, 0.25) is 0 Å². The minimum atomic E-state index is 0.122. The Bertz CT molecular complexity index is 761. The molecule has 1 fully saturated rings. The lowest BCUT2D eigenvalue weighted by Crippen LogP contribution is -2.23. The van der Waals surface area contributed by atoms with Crippen molar-refractivity contribution in [1.82, 2.24) is 4.98 Å². The van der Waals surface area contributed by atoms with Gasteiger partial charge in [-0.25, -0.2) is 4.98 Å². The van der Waals surface area contributed by atoms with E-state index in [1.165, 1.54) is 35.8 Å². The largest absolute Gasteiger partial charge is 0.619 e. The number of hydrogen-bond donors (Lipinski definition) is 0. The van der Waals surface area contributed by atoms with Crippen molar-refractivity contribution in [1.29, 1.82) is 0 Å². The van der Waals surface area contributed by atoms with Crippen LogP contribution >= 0.6 is 11.3 Å². The van der Waals surface area contributed by atoms with Gasteiger partial charge in [0.1, 0.15) is 5.01 Å². The lowest BCUT2D eigenvalue weighted by Gasteiger charge is -2.12. The number of benzene rings is 1. The van der Waals surface area contributed by atoms with Gasteiger partial charge < -0.3 is 5.21 Å². The van der Waals surface area contributed by atoms with Crippen molar-refractivity contribution >= 4 is 11.3 Å². The van der Waals surface area contributed by atoms with E-state index >= 15 is 0 Å². The van der Waals surface area contributed by atoms with Crippen LogP contribution in [0.4, 0.5) is 0 Å². The van der Waals surface area contributed by atoms with Crippen LogP contribution < -0.4 is 4.73 Å². The van der Waals surface area contributed by atoms with Gasteiger partial charge in [0.15, 0.2) is 12.4 Å². The molecule has 0 saturated heterocycles. The second-order valence-electron chi connectivity index (χ2n) is 5.43. The topological polar surface area (TPSA) is 39.8 Å². The molecular weight excluding hydrogens is 280 g/mol. The monoisotopic (exact) mass is 294 g/mol. The third-order valence-corrected chi connectivity index (χ3v) is 5.13. The molecule has 21 heavy (non-hydrogen) atoms. The highest BCUT2D eigenvalue weighted by Crippen LogP contribution is 2.54. The standard InChI is InChI=1S/C17H14N2OS/c20-19-10-6-13(7-11-19)15-12-21-16(18-15)17(8-9-17)14-4-2-1-3-5-14/h1-7,10-12H,8-9H2. The summed E-state index contributed by atoms with van der Waals surface area (Å²) in [5.41, 5.74) is 3.43. The molecule has 0 atom stereocenters. The highest BCUT2D eigenvalue weighted by Gasteiger charge is 2.48. The molecule has 3 nitrogen and oxygen atoms in total. The van der Waals surface area contributed by atoms with Gasteiger partial charge in [-0.1, -0.05) is 30.3 Å². The summed E-state index contributed by atoms with van der Waals surface area (Å²) >= 11 is 1.72. The number of hydrogen-bond acceptors (Lipinski definition) is 3. The first-order valence-corrected chi connectivity index (χ1v) is 7.87. The van der Waals surface area contributed by atoms with Crippen LogP contribution in [0.15, 0.2) is 60.2 Å². The summed E-state index contributed by atoms with van der Waals surface area (Å²) in [6.45, 7) is 0. The first kappa shape index (κ1) is 12.5. The summed E-state index contributed by atoms with van der Waals surface area (Å²) in [6, 6.07) is 14.2. The number of aromatic nitrogens is 2. The summed E-state index contributed by atoms with van der Waals surface area (Å²) < 4.78 is 0.795. The lowest BCUT2D eigenvalue weighted by molar-refractivity contribution is -0.605. The Morgan fingerprint density at radius 1 is 1.05 bits per heavy atom. The van der Waals surface area contributed by atoms with E-state index in [1.54, 1.807) is 11.3 Å². The van der Waals surface area contributed by atoms with Gasteiger partial charge in [-0.15, -0.1) is 11.3 Å². The Hall–Kier alpha value is -2.20. The smallest absolute Gasteiger partial charge is 0.181 e. The molecule has 0 N–H and O–H groups in total. The van der Waals surface area contributed by atoms with Crippen molar-refractivity contribution in [2.75, 3.05) is 0 Å². The zero-order valence-electron chi connectivity index (χ0n) is 11.4. The molecule has 0 bridgehead atoms. The van der Waals surface area contributed by atoms with Gasteiger partial charge in [0.25, 0.3) is 0 Å².